The van der Waals surface area contributed by atoms with Crippen molar-refractivity contribution >= 4 is 10.9 Å². The minimum atomic E-state index is -0.399. The van der Waals surface area contributed by atoms with Crippen molar-refractivity contribution < 1.29 is 4.74 Å². The summed E-state index contributed by atoms with van der Waals surface area (Å²) in [7, 11) is 1.67. The van der Waals surface area contributed by atoms with Crippen LogP contribution in [0, 0.1) is 0 Å². The first-order valence-corrected chi connectivity index (χ1v) is 5.70. The number of benzene rings is 1. The molecule has 1 heterocycles. The molecule has 0 aliphatic rings. The molecular formula is C14H18N2O. The third-order valence-electron chi connectivity index (χ3n) is 3.25. The van der Waals surface area contributed by atoms with E-state index in [4.69, 9.17) is 10.5 Å². The van der Waals surface area contributed by atoms with Gasteiger partial charge in [0.25, 0.3) is 0 Å². The molecule has 2 aromatic rings. The maximum atomic E-state index is 6.21. The largest absolute Gasteiger partial charge is 0.377 e. The first-order chi connectivity index (χ1) is 8.04. The fourth-order valence-electron chi connectivity index (χ4n) is 1.79. The normalized spacial score (nSPS) is 13.9. The van der Waals surface area contributed by atoms with Gasteiger partial charge in [-0.1, -0.05) is 18.2 Å². The number of ether oxygens (including phenoxy) is 1. The van der Waals surface area contributed by atoms with Gasteiger partial charge in [0.05, 0.1) is 17.2 Å². The van der Waals surface area contributed by atoms with Gasteiger partial charge in [-0.15, -0.1) is 0 Å². The van der Waals surface area contributed by atoms with Crippen molar-refractivity contribution in [2.24, 2.45) is 5.73 Å². The van der Waals surface area contributed by atoms with Gasteiger partial charge in [0.1, 0.15) is 0 Å². The van der Waals surface area contributed by atoms with E-state index in [1.54, 1.807) is 7.11 Å². The van der Waals surface area contributed by atoms with E-state index < -0.39 is 5.60 Å². The first kappa shape index (κ1) is 12.0. The van der Waals surface area contributed by atoms with Crippen LogP contribution in [0.5, 0.6) is 0 Å². The van der Waals surface area contributed by atoms with Crippen LogP contribution in [0.25, 0.3) is 10.9 Å². The van der Waals surface area contributed by atoms with Gasteiger partial charge in [-0.3, -0.25) is 4.98 Å². The molecule has 0 radical (unpaired) electrons. The predicted molar refractivity (Wildman–Crippen MR) is 69.8 cm³/mol. The van der Waals surface area contributed by atoms with Crippen LogP contribution in [-0.4, -0.2) is 17.7 Å². The van der Waals surface area contributed by atoms with Crippen LogP contribution >= 0.6 is 0 Å². The Morgan fingerprint density at radius 3 is 2.71 bits per heavy atom. The third kappa shape index (κ3) is 2.30. The summed E-state index contributed by atoms with van der Waals surface area (Å²) in [4.78, 5) is 4.41. The highest BCUT2D eigenvalue weighted by Crippen LogP contribution is 2.27. The lowest BCUT2D eigenvalue weighted by Gasteiger charge is -2.30. The SMILES string of the molecule is COC(C)(C)C(N)c1cnc2ccccc2c1. The molecule has 0 aliphatic heterocycles. The first-order valence-electron chi connectivity index (χ1n) is 5.70. The van der Waals surface area contributed by atoms with Crippen molar-refractivity contribution in [2.45, 2.75) is 25.5 Å². The molecule has 0 saturated carbocycles. The standard InChI is InChI=1S/C14H18N2O/c1-14(2,17-3)13(15)11-8-10-6-4-5-7-12(10)16-9-11/h4-9,13H,15H2,1-3H3. The van der Waals surface area contributed by atoms with Crippen LogP contribution in [0.3, 0.4) is 0 Å². The second kappa shape index (κ2) is 4.43. The van der Waals surface area contributed by atoms with Crippen LogP contribution in [0.15, 0.2) is 36.5 Å². The molecule has 1 aromatic carbocycles. The zero-order valence-electron chi connectivity index (χ0n) is 10.5. The monoisotopic (exact) mass is 230 g/mol. The van der Waals surface area contributed by atoms with Crippen molar-refractivity contribution in [3.8, 4) is 0 Å². The molecule has 2 N–H and O–H groups in total. The van der Waals surface area contributed by atoms with Crippen molar-refractivity contribution in [1.82, 2.24) is 4.98 Å². The molecule has 1 atom stereocenters. The van der Waals surface area contributed by atoms with E-state index in [2.05, 4.69) is 11.1 Å². The molecule has 3 heteroatoms. The number of rotatable bonds is 3. The molecule has 0 bridgehead atoms. The van der Waals surface area contributed by atoms with Gasteiger partial charge < -0.3 is 10.5 Å². The molecule has 0 saturated heterocycles. The van der Waals surface area contributed by atoms with Gasteiger partial charge in [0.2, 0.25) is 0 Å². The molecule has 3 nitrogen and oxygen atoms in total. The second-order valence-corrected chi connectivity index (χ2v) is 4.75. The summed E-state index contributed by atoms with van der Waals surface area (Å²) in [6.07, 6.45) is 1.83. The Morgan fingerprint density at radius 2 is 2.00 bits per heavy atom. The molecule has 0 aliphatic carbocycles. The summed E-state index contributed by atoms with van der Waals surface area (Å²) < 4.78 is 5.41. The summed E-state index contributed by atoms with van der Waals surface area (Å²) in [5.41, 5.74) is 7.79. The smallest absolute Gasteiger partial charge is 0.0815 e. The lowest BCUT2D eigenvalue weighted by atomic mass is 9.93. The minimum Gasteiger partial charge on any atom is -0.377 e. The van der Waals surface area contributed by atoms with Gasteiger partial charge in [-0.05, 0) is 31.5 Å². The molecule has 1 aromatic heterocycles. The highest BCUT2D eigenvalue weighted by Gasteiger charge is 2.27. The molecule has 0 amide bonds. The fraction of sp³-hybridized carbons (Fsp3) is 0.357. The van der Waals surface area contributed by atoms with Crippen LogP contribution < -0.4 is 5.73 Å². The number of para-hydroxylation sites is 1. The number of nitrogens with zero attached hydrogens (tertiary/aromatic N) is 1. The van der Waals surface area contributed by atoms with Gasteiger partial charge in [-0.2, -0.15) is 0 Å². The van der Waals surface area contributed by atoms with Gasteiger partial charge >= 0.3 is 0 Å². The maximum absolute atomic E-state index is 6.21. The molecule has 2 rings (SSSR count). The molecule has 1 unspecified atom stereocenters. The van der Waals surface area contributed by atoms with Crippen LogP contribution in [-0.2, 0) is 4.74 Å². The number of hydrogen-bond donors (Lipinski definition) is 1. The molecule has 90 valence electrons. The van der Waals surface area contributed by atoms with Gasteiger partial charge in [-0.25, -0.2) is 0 Å². The van der Waals surface area contributed by atoms with Crippen molar-refractivity contribution in [3.63, 3.8) is 0 Å². The highest BCUT2D eigenvalue weighted by molar-refractivity contribution is 5.78. The van der Waals surface area contributed by atoms with E-state index >= 15 is 0 Å². The Labute approximate surface area is 102 Å². The van der Waals surface area contributed by atoms with Crippen LogP contribution in [0.1, 0.15) is 25.5 Å². The van der Waals surface area contributed by atoms with Crippen LogP contribution in [0.2, 0.25) is 0 Å². The maximum Gasteiger partial charge on any atom is 0.0815 e. The molecule has 0 spiro atoms. The minimum absolute atomic E-state index is 0.190. The Bertz CT molecular complexity index is 522. The zero-order valence-corrected chi connectivity index (χ0v) is 10.5. The number of methoxy groups -OCH3 is 1. The lowest BCUT2D eigenvalue weighted by Crippen LogP contribution is -2.37. The van der Waals surface area contributed by atoms with Crippen molar-refractivity contribution in [2.75, 3.05) is 7.11 Å². The summed E-state index contributed by atoms with van der Waals surface area (Å²) >= 11 is 0. The average molecular weight is 230 g/mol. The number of nitrogens with two attached hydrogens (primary N) is 1. The molecule has 17 heavy (non-hydrogen) atoms. The number of fused-ring (bicyclic) bond motifs is 1. The van der Waals surface area contributed by atoms with E-state index in [1.807, 2.05) is 44.3 Å². The Morgan fingerprint density at radius 1 is 1.29 bits per heavy atom. The zero-order chi connectivity index (χ0) is 12.5. The third-order valence-corrected chi connectivity index (χ3v) is 3.25. The number of hydrogen-bond acceptors (Lipinski definition) is 3. The van der Waals surface area contributed by atoms with E-state index in [-0.39, 0.29) is 6.04 Å². The second-order valence-electron chi connectivity index (χ2n) is 4.75. The molecular weight excluding hydrogens is 212 g/mol. The number of aromatic nitrogens is 1. The summed E-state index contributed by atoms with van der Waals surface area (Å²) in [6, 6.07) is 9.90. The molecule has 0 fully saturated rings. The predicted octanol–water partition coefficient (Wildman–Crippen LogP) is 2.66. The fourth-order valence-corrected chi connectivity index (χ4v) is 1.79. The Hall–Kier alpha value is -1.45. The van der Waals surface area contributed by atoms with E-state index in [1.165, 1.54) is 0 Å². The summed E-state index contributed by atoms with van der Waals surface area (Å²) in [5, 5.41) is 1.10. The topological polar surface area (TPSA) is 48.1 Å². The lowest BCUT2D eigenvalue weighted by molar-refractivity contribution is -0.0000734. The summed E-state index contributed by atoms with van der Waals surface area (Å²) in [5.74, 6) is 0. The van der Waals surface area contributed by atoms with Crippen molar-refractivity contribution in [1.29, 1.82) is 0 Å². The van der Waals surface area contributed by atoms with Crippen molar-refractivity contribution in [3.05, 3.63) is 42.1 Å². The van der Waals surface area contributed by atoms with E-state index in [9.17, 15) is 0 Å². The summed E-state index contributed by atoms with van der Waals surface area (Å²) in [6.45, 7) is 3.96. The van der Waals surface area contributed by atoms with Crippen LogP contribution in [0.4, 0.5) is 0 Å². The Balaban J connectivity index is 2.43. The van der Waals surface area contributed by atoms with Gasteiger partial charge in [0.15, 0.2) is 0 Å². The van der Waals surface area contributed by atoms with E-state index in [0.717, 1.165) is 16.5 Å². The Kier molecular flexibility index (Phi) is 3.13. The quantitative estimate of drug-likeness (QED) is 0.881. The average Bonchev–Trinajstić information content (AvgIpc) is 2.37. The highest BCUT2D eigenvalue weighted by atomic mass is 16.5. The number of pyridine rings is 1. The van der Waals surface area contributed by atoms with Gasteiger partial charge in [0, 0.05) is 18.7 Å². The van der Waals surface area contributed by atoms with E-state index in [0.29, 0.717) is 0 Å².